The van der Waals surface area contributed by atoms with Crippen LogP contribution in [0.25, 0.3) is 0 Å². The molecule has 2 rings (SSSR count). The van der Waals surface area contributed by atoms with Crippen LogP contribution in [0, 0.1) is 0 Å². The second-order valence-electron chi connectivity index (χ2n) is 4.17. The van der Waals surface area contributed by atoms with Crippen molar-refractivity contribution in [3.05, 3.63) is 28.8 Å². The third kappa shape index (κ3) is 1.66. The monoisotopic (exact) mass is 194 g/mol. The van der Waals surface area contributed by atoms with E-state index in [9.17, 15) is 0 Å². The standard InChI is InChI=1S/C11H13ClN/c1-11(2)7-6-8-4-3-5-9(12)10(8)13-11/h3-5H,6-7H2,1-2H3. The summed E-state index contributed by atoms with van der Waals surface area (Å²) in [4.78, 5) is 0. The molecule has 0 saturated carbocycles. The first-order valence-electron chi connectivity index (χ1n) is 4.59. The number of nitrogens with zero attached hydrogens (tertiary/aromatic N) is 1. The number of aryl methyl sites for hydroxylation is 1. The fraction of sp³-hybridized carbons (Fsp3) is 0.455. The normalized spacial score (nSPS) is 19.0. The van der Waals surface area contributed by atoms with E-state index >= 15 is 0 Å². The molecule has 1 radical (unpaired) electrons. The van der Waals surface area contributed by atoms with E-state index in [0.29, 0.717) is 0 Å². The zero-order valence-corrected chi connectivity index (χ0v) is 8.73. The van der Waals surface area contributed by atoms with Gasteiger partial charge in [-0.3, -0.25) is 5.32 Å². The van der Waals surface area contributed by atoms with Gasteiger partial charge in [0.05, 0.1) is 16.2 Å². The Morgan fingerprint density at radius 3 is 2.92 bits per heavy atom. The van der Waals surface area contributed by atoms with E-state index in [0.717, 1.165) is 23.6 Å². The summed E-state index contributed by atoms with van der Waals surface area (Å²) >= 11 is 6.08. The highest BCUT2D eigenvalue weighted by molar-refractivity contribution is 6.33. The molecular formula is C11H13ClN. The first-order chi connectivity index (χ1) is 6.08. The van der Waals surface area contributed by atoms with Crippen molar-refractivity contribution in [2.75, 3.05) is 0 Å². The summed E-state index contributed by atoms with van der Waals surface area (Å²) in [6, 6.07) is 6.01. The topological polar surface area (TPSA) is 14.1 Å². The Bertz CT molecular complexity index is 331. The molecule has 1 aliphatic heterocycles. The van der Waals surface area contributed by atoms with Gasteiger partial charge in [0, 0.05) is 0 Å². The van der Waals surface area contributed by atoms with Crippen molar-refractivity contribution in [3.8, 4) is 0 Å². The predicted molar refractivity (Wildman–Crippen MR) is 55.6 cm³/mol. The Kier molecular flexibility index (Phi) is 1.99. The lowest BCUT2D eigenvalue weighted by Crippen LogP contribution is -2.34. The molecule has 69 valence electrons. The first kappa shape index (κ1) is 8.89. The molecule has 1 aliphatic rings. The molecule has 0 N–H and O–H groups in total. The molecule has 1 nitrogen and oxygen atoms in total. The van der Waals surface area contributed by atoms with Crippen LogP contribution in [0.3, 0.4) is 0 Å². The summed E-state index contributed by atoms with van der Waals surface area (Å²) < 4.78 is 0. The van der Waals surface area contributed by atoms with Gasteiger partial charge in [0.2, 0.25) is 0 Å². The number of para-hydroxylation sites is 1. The molecule has 0 atom stereocenters. The van der Waals surface area contributed by atoms with Crippen LogP contribution in [-0.4, -0.2) is 5.54 Å². The van der Waals surface area contributed by atoms with Crippen LogP contribution < -0.4 is 5.32 Å². The number of hydrogen-bond acceptors (Lipinski definition) is 0. The lowest BCUT2D eigenvalue weighted by molar-refractivity contribution is 0.389. The summed E-state index contributed by atoms with van der Waals surface area (Å²) in [7, 11) is 0. The molecule has 0 fully saturated rings. The Balaban J connectivity index is 2.44. The molecule has 0 unspecified atom stereocenters. The summed E-state index contributed by atoms with van der Waals surface area (Å²) in [6.07, 6.45) is 2.20. The highest BCUT2D eigenvalue weighted by Crippen LogP contribution is 2.35. The largest absolute Gasteiger partial charge is 0.277 e. The maximum Gasteiger partial charge on any atom is 0.0799 e. The van der Waals surface area contributed by atoms with Crippen LogP contribution in [0.5, 0.6) is 0 Å². The van der Waals surface area contributed by atoms with Gasteiger partial charge in [0.15, 0.2) is 0 Å². The van der Waals surface area contributed by atoms with Gasteiger partial charge in [-0.2, -0.15) is 0 Å². The van der Waals surface area contributed by atoms with Crippen molar-refractivity contribution < 1.29 is 0 Å². The molecule has 0 amide bonds. The van der Waals surface area contributed by atoms with Gasteiger partial charge in [-0.05, 0) is 38.3 Å². The average Bonchev–Trinajstić information content (AvgIpc) is 2.06. The van der Waals surface area contributed by atoms with Crippen LogP contribution in [0.15, 0.2) is 18.2 Å². The Morgan fingerprint density at radius 2 is 2.15 bits per heavy atom. The average molecular weight is 195 g/mol. The first-order valence-corrected chi connectivity index (χ1v) is 4.97. The summed E-state index contributed by atoms with van der Waals surface area (Å²) in [5, 5.41) is 5.43. The molecule has 1 aromatic rings. The van der Waals surface area contributed by atoms with Crippen LogP contribution in [0.4, 0.5) is 5.69 Å². The molecule has 2 heteroatoms. The van der Waals surface area contributed by atoms with E-state index in [-0.39, 0.29) is 5.54 Å². The van der Waals surface area contributed by atoms with Crippen LogP contribution in [0.2, 0.25) is 5.02 Å². The van der Waals surface area contributed by atoms with E-state index < -0.39 is 0 Å². The quantitative estimate of drug-likeness (QED) is 0.602. The van der Waals surface area contributed by atoms with Gasteiger partial charge in [-0.15, -0.1) is 0 Å². The van der Waals surface area contributed by atoms with Gasteiger partial charge in [-0.25, -0.2) is 0 Å². The zero-order chi connectivity index (χ0) is 9.47. The second kappa shape index (κ2) is 2.91. The lowest BCUT2D eigenvalue weighted by Gasteiger charge is -2.31. The van der Waals surface area contributed by atoms with Gasteiger partial charge >= 0.3 is 0 Å². The Hall–Kier alpha value is -0.690. The minimum absolute atomic E-state index is 0.0536. The molecule has 1 heterocycles. The van der Waals surface area contributed by atoms with Crippen molar-refractivity contribution >= 4 is 17.3 Å². The Labute approximate surface area is 84.1 Å². The van der Waals surface area contributed by atoms with Gasteiger partial charge in [0.1, 0.15) is 0 Å². The molecule has 1 aromatic carbocycles. The zero-order valence-electron chi connectivity index (χ0n) is 7.97. The molecule has 0 bridgehead atoms. The maximum absolute atomic E-state index is 6.08. The number of rotatable bonds is 0. The fourth-order valence-electron chi connectivity index (χ4n) is 1.69. The summed E-state index contributed by atoms with van der Waals surface area (Å²) in [5.41, 5.74) is 2.34. The smallest absolute Gasteiger partial charge is 0.0799 e. The number of benzene rings is 1. The summed E-state index contributed by atoms with van der Waals surface area (Å²) in [5.74, 6) is 0. The highest BCUT2D eigenvalue weighted by Gasteiger charge is 2.27. The number of hydrogen-bond donors (Lipinski definition) is 0. The van der Waals surface area contributed by atoms with E-state index in [1.807, 2.05) is 12.1 Å². The van der Waals surface area contributed by atoms with Crippen LogP contribution >= 0.6 is 11.6 Å². The van der Waals surface area contributed by atoms with E-state index in [1.165, 1.54) is 5.56 Å². The molecule has 0 saturated heterocycles. The van der Waals surface area contributed by atoms with Crippen molar-refractivity contribution in [1.29, 1.82) is 0 Å². The maximum atomic E-state index is 6.08. The van der Waals surface area contributed by atoms with Gasteiger partial charge < -0.3 is 0 Å². The van der Waals surface area contributed by atoms with Crippen molar-refractivity contribution in [3.63, 3.8) is 0 Å². The number of halogens is 1. The molecular weight excluding hydrogens is 182 g/mol. The van der Waals surface area contributed by atoms with Gasteiger partial charge in [-0.1, -0.05) is 23.7 Å². The lowest BCUT2D eigenvalue weighted by atomic mass is 9.89. The van der Waals surface area contributed by atoms with Gasteiger partial charge in [0.25, 0.3) is 0 Å². The molecule has 0 aliphatic carbocycles. The molecule has 0 aromatic heterocycles. The van der Waals surface area contributed by atoms with E-state index in [4.69, 9.17) is 11.6 Å². The third-order valence-corrected chi connectivity index (χ3v) is 2.80. The number of fused-ring (bicyclic) bond motifs is 1. The summed E-state index contributed by atoms with van der Waals surface area (Å²) in [6.45, 7) is 4.30. The fourth-order valence-corrected chi connectivity index (χ4v) is 1.92. The Morgan fingerprint density at radius 1 is 1.38 bits per heavy atom. The molecule has 0 spiro atoms. The van der Waals surface area contributed by atoms with Crippen molar-refractivity contribution in [2.45, 2.75) is 32.2 Å². The minimum atomic E-state index is 0.0536. The van der Waals surface area contributed by atoms with Crippen LogP contribution in [-0.2, 0) is 6.42 Å². The van der Waals surface area contributed by atoms with Crippen molar-refractivity contribution in [1.82, 2.24) is 5.32 Å². The SMILES string of the molecule is CC1(C)CCc2cccc(Cl)c2[N]1. The third-order valence-electron chi connectivity index (χ3n) is 2.49. The molecule has 13 heavy (non-hydrogen) atoms. The minimum Gasteiger partial charge on any atom is -0.277 e. The van der Waals surface area contributed by atoms with E-state index in [2.05, 4.69) is 25.2 Å². The van der Waals surface area contributed by atoms with Crippen molar-refractivity contribution in [2.24, 2.45) is 0 Å². The highest BCUT2D eigenvalue weighted by atomic mass is 35.5. The van der Waals surface area contributed by atoms with Crippen LogP contribution in [0.1, 0.15) is 25.8 Å². The second-order valence-corrected chi connectivity index (χ2v) is 4.58. The predicted octanol–water partition coefficient (Wildman–Crippen LogP) is 3.30. The van der Waals surface area contributed by atoms with E-state index in [1.54, 1.807) is 0 Å².